The number of anilines is 1. The Morgan fingerprint density at radius 2 is 1.84 bits per heavy atom. The van der Waals surface area contributed by atoms with Crippen molar-refractivity contribution in [3.8, 4) is 0 Å². The number of hydrogen-bond donors (Lipinski definition) is 2. The van der Waals surface area contributed by atoms with Crippen LogP contribution < -0.4 is 10.6 Å². The van der Waals surface area contributed by atoms with E-state index in [1.807, 2.05) is 24.3 Å². The van der Waals surface area contributed by atoms with Gasteiger partial charge >= 0.3 is 0 Å². The first-order valence-corrected chi connectivity index (χ1v) is 7.19. The average Bonchev–Trinajstić information content (AvgIpc) is 2.42. The Bertz CT molecular complexity index is 427. The molecular weight excluding hydrogens is 236 g/mol. The van der Waals surface area contributed by atoms with Crippen LogP contribution in [0.15, 0.2) is 24.3 Å². The van der Waals surface area contributed by atoms with E-state index >= 15 is 0 Å². The molecule has 1 fully saturated rings. The zero-order valence-corrected chi connectivity index (χ0v) is 12.1. The topological polar surface area (TPSA) is 41.1 Å². The van der Waals surface area contributed by atoms with Gasteiger partial charge in [-0.05, 0) is 55.4 Å². The van der Waals surface area contributed by atoms with Crippen molar-refractivity contribution < 1.29 is 4.79 Å². The first kappa shape index (κ1) is 13.9. The molecular formula is C16H24N2O. The Labute approximate surface area is 115 Å². The summed E-state index contributed by atoms with van der Waals surface area (Å²) >= 11 is 0. The predicted octanol–water partition coefficient (Wildman–Crippen LogP) is 3.28. The van der Waals surface area contributed by atoms with Crippen molar-refractivity contribution in [2.45, 2.75) is 39.2 Å². The van der Waals surface area contributed by atoms with Gasteiger partial charge in [-0.1, -0.05) is 13.8 Å². The maximum absolute atomic E-state index is 11.5. The number of nitrogens with one attached hydrogen (secondary N) is 2. The Morgan fingerprint density at radius 3 is 2.42 bits per heavy atom. The molecule has 0 radical (unpaired) electrons. The van der Waals surface area contributed by atoms with Crippen molar-refractivity contribution >= 4 is 11.6 Å². The van der Waals surface area contributed by atoms with E-state index in [4.69, 9.17) is 0 Å². The third kappa shape index (κ3) is 3.49. The molecule has 1 aromatic carbocycles. The van der Waals surface area contributed by atoms with Crippen molar-refractivity contribution in [2.24, 2.45) is 11.8 Å². The lowest BCUT2D eigenvalue weighted by Gasteiger charge is -2.33. The maximum Gasteiger partial charge on any atom is 0.251 e. The van der Waals surface area contributed by atoms with Crippen LogP contribution in [-0.4, -0.2) is 19.0 Å². The second-order valence-corrected chi connectivity index (χ2v) is 5.80. The summed E-state index contributed by atoms with van der Waals surface area (Å²) in [5.41, 5.74) is 1.82. The highest BCUT2D eigenvalue weighted by Crippen LogP contribution is 2.30. The standard InChI is InChI=1S/C16H24N2O/c1-11-4-9-15(12(2)10-11)18-14-7-5-13(6-8-14)16(19)17-3/h5-8,11-12,15,18H,4,9-10H2,1-3H3,(H,17,19). The highest BCUT2D eigenvalue weighted by molar-refractivity contribution is 5.94. The van der Waals surface area contributed by atoms with E-state index in [1.165, 1.54) is 19.3 Å². The summed E-state index contributed by atoms with van der Waals surface area (Å²) in [4.78, 5) is 11.5. The minimum atomic E-state index is -0.0357. The highest BCUT2D eigenvalue weighted by Gasteiger charge is 2.24. The molecule has 1 saturated carbocycles. The molecule has 2 rings (SSSR count). The van der Waals surface area contributed by atoms with Crippen LogP contribution in [0.3, 0.4) is 0 Å². The summed E-state index contributed by atoms with van der Waals surface area (Å²) in [5.74, 6) is 1.53. The Balaban J connectivity index is 1.98. The molecule has 1 aromatic rings. The van der Waals surface area contributed by atoms with Crippen LogP contribution in [-0.2, 0) is 0 Å². The van der Waals surface area contributed by atoms with Gasteiger partial charge in [0.2, 0.25) is 0 Å². The van der Waals surface area contributed by atoms with Crippen molar-refractivity contribution in [2.75, 3.05) is 12.4 Å². The first-order valence-electron chi connectivity index (χ1n) is 7.19. The summed E-state index contributed by atoms with van der Waals surface area (Å²) in [6.07, 6.45) is 3.84. The van der Waals surface area contributed by atoms with Gasteiger partial charge in [0.15, 0.2) is 0 Å². The molecule has 1 aliphatic carbocycles. The lowest BCUT2D eigenvalue weighted by atomic mass is 9.80. The lowest BCUT2D eigenvalue weighted by Crippen LogP contribution is -2.33. The molecule has 3 unspecified atom stereocenters. The molecule has 1 aliphatic rings. The van der Waals surface area contributed by atoms with E-state index in [0.29, 0.717) is 17.5 Å². The van der Waals surface area contributed by atoms with Crippen molar-refractivity contribution in [1.29, 1.82) is 0 Å². The summed E-state index contributed by atoms with van der Waals surface area (Å²) < 4.78 is 0. The van der Waals surface area contributed by atoms with Crippen molar-refractivity contribution in [3.63, 3.8) is 0 Å². The summed E-state index contributed by atoms with van der Waals surface area (Å²) in [6, 6.07) is 8.29. The minimum Gasteiger partial charge on any atom is -0.382 e. The maximum atomic E-state index is 11.5. The summed E-state index contributed by atoms with van der Waals surface area (Å²) in [6.45, 7) is 4.66. The third-order valence-electron chi connectivity index (χ3n) is 4.16. The molecule has 0 aliphatic heterocycles. The number of carbonyl (C=O) groups excluding carboxylic acids is 1. The van der Waals surface area contributed by atoms with Gasteiger partial charge in [0.25, 0.3) is 5.91 Å². The largest absolute Gasteiger partial charge is 0.382 e. The Hall–Kier alpha value is -1.51. The molecule has 0 spiro atoms. The summed E-state index contributed by atoms with van der Waals surface area (Å²) in [5, 5.41) is 6.24. The van der Waals surface area contributed by atoms with Crippen LogP contribution in [0.5, 0.6) is 0 Å². The van der Waals surface area contributed by atoms with Gasteiger partial charge in [0, 0.05) is 24.3 Å². The molecule has 19 heavy (non-hydrogen) atoms. The van der Waals surface area contributed by atoms with E-state index < -0.39 is 0 Å². The molecule has 0 aromatic heterocycles. The highest BCUT2D eigenvalue weighted by atomic mass is 16.1. The van der Waals surface area contributed by atoms with Gasteiger partial charge in [0.1, 0.15) is 0 Å². The molecule has 0 bridgehead atoms. The van der Waals surface area contributed by atoms with Gasteiger partial charge in [-0.15, -0.1) is 0 Å². The smallest absolute Gasteiger partial charge is 0.251 e. The van der Waals surface area contributed by atoms with Gasteiger partial charge in [-0.2, -0.15) is 0 Å². The SMILES string of the molecule is CNC(=O)c1ccc(NC2CCC(C)CC2C)cc1. The fourth-order valence-electron chi connectivity index (χ4n) is 2.96. The van der Waals surface area contributed by atoms with Crippen LogP contribution in [0.4, 0.5) is 5.69 Å². The third-order valence-corrected chi connectivity index (χ3v) is 4.16. The van der Waals surface area contributed by atoms with E-state index in [9.17, 15) is 4.79 Å². The molecule has 0 saturated heterocycles. The van der Waals surface area contributed by atoms with E-state index in [2.05, 4.69) is 24.5 Å². The van der Waals surface area contributed by atoms with Gasteiger partial charge in [-0.3, -0.25) is 4.79 Å². The Kier molecular flexibility index (Phi) is 4.46. The number of hydrogen-bond acceptors (Lipinski definition) is 2. The van der Waals surface area contributed by atoms with Crippen LogP contribution in [0.2, 0.25) is 0 Å². The molecule has 104 valence electrons. The molecule has 3 heteroatoms. The summed E-state index contributed by atoms with van der Waals surface area (Å²) in [7, 11) is 1.65. The lowest BCUT2D eigenvalue weighted by molar-refractivity contribution is 0.0963. The fourth-order valence-corrected chi connectivity index (χ4v) is 2.96. The zero-order chi connectivity index (χ0) is 13.8. The average molecular weight is 260 g/mol. The monoisotopic (exact) mass is 260 g/mol. The Morgan fingerprint density at radius 1 is 1.16 bits per heavy atom. The molecule has 3 nitrogen and oxygen atoms in total. The number of amides is 1. The molecule has 3 atom stereocenters. The van der Waals surface area contributed by atoms with Crippen LogP contribution in [0, 0.1) is 11.8 Å². The van der Waals surface area contributed by atoms with Crippen molar-refractivity contribution in [1.82, 2.24) is 5.32 Å². The molecule has 2 N–H and O–H groups in total. The van der Waals surface area contributed by atoms with E-state index in [1.54, 1.807) is 7.05 Å². The van der Waals surface area contributed by atoms with Crippen LogP contribution in [0.1, 0.15) is 43.5 Å². The first-order chi connectivity index (χ1) is 9.10. The molecule has 1 amide bonds. The normalized spacial score (nSPS) is 26.8. The van der Waals surface area contributed by atoms with Gasteiger partial charge in [0.05, 0.1) is 0 Å². The van der Waals surface area contributed by atoms with Gasteiger partial charge in [-0.25, -0.2) is 0 Å². The predicted molar refractivity (Wildman–Crippen MR) is 79.4 cm³/mol. The quantitative estimate of drug-likeness (QED) is 0.875. The van der Waals surface area contributed by atoms with Crippen LogP contribution >= 0.6 is 0 Å². The minimum absolute atomic E-state index is 0.0357. The number of rotatable bonds is 3. The fraction of sp³-hybridized carbons (Fsp3) is 0.562. The zero-order valence-electron chi connectivity index (χ0n) is 12.1. The number of carbonyl (C=O) groups is 1. The van der Waals surface area contributed by atoms with Crippen molar-refractivity contribution in [3.05, 3.63) is 29.8 Å². The van der Waals surface area contributed by atoms with Crippen LogP contribution in [0.25, 0.3) is 0 Å². The molecule has 0 heterocycles. The van der Waals surface area contributed by atoms with E-state index in [0.717, 1.165) is 11.6 Å². The van der Waals surface area contributed by atoms with E-state index in [-0.39, 0.29) is 5.91 Å². The second kappa shape index (κ2) is 6.09. The number of benzene rings is 1. The second-order valence-electron chi connectivity index (χ2n) is 5.80. The van der Waals surface area contributed by atoms with Gasteiger partial charge < -0.3 is 10.6 Å².